The fourth-order valence-electron chi connectivity index (χ4n) is 1.75. The molecule has 0 saturated carbocycles. The number of nitriles is 1. The van der Waals surface area contributed by atoms with Crippen LogP contribution in [0.4, 0.5) is 15.9 Å². The molecule has 0 unspecified atom stereocenters. The highest BCUT2D eigenvalue weighted by molar-refractivity contribution is 5.60. The molecule has 1 aromatic heterocycles. The molecule has 0 aliphatic rings. The van der Waals surface area contributed by atoms with Gasteiger partial charge in [0, 0.05) is 13.7 Å². The number of nitrogens with two attached hydrogens (primary N) is 1. The van der Waals surface area contributed by atoms with Crippen LogP contribution in [0.5, 0.6) is 6.01 Å². The Hall–Kier alpha value is -2.92. The predicted molar refractivity (Wildman–Crippen MR) is 93.6 cm³/mol. The number of anilines is 2. The quantitative estimate of drug-likeness (QED) is 0.742. The van der Waals surface area contributed by atoms with Gasteiger partial charge in [-0.3, -0.25) is 0 Å². The molecule has 134 valence electrons. The van der Waals surface area contributed by atoms with Crippen LogP contribution in [0.25, 0.3) is 0 Å². The van der Waals surface area contributed by atoms with Crippen LogP contribution in [0.1, 0.15) is 25.0 Å². The van der Waals surface area contributed by atoms with Gasteiger partial charge < -0.3 is 20.5 Å². The van der Waals surface area contributed by atoms with Crippen molar-refractivity contribution in [3.63, 3.8) is 0 Å². The number of nitrogens with zero attached hydrogens (tertiary/aromatic N) is 3. The molecule has 0 saturated heterocycles. The molecule has 25 heavy (non-hydrogen) atoms. The monoisotopic (exact) mass is 347 g/mol. The van der Waals surface area contributed by atoms with Crippen LogP contribution in [-0.4, -0.2) is 30.3 Å². The molecule has 0 aliphatic heterocycles. The molecule has 1 aromatic carbocycles. The molecule has 0 atom stereocenters. The van der Waals surface area contributed by atoms with Gasteiger partial charge in [-0.05, 0) is 17.7 Å². The normalized spacial score (nSPS) is 9.56. The molecule has 3 N–H and O–H groups in total. The van der Waals surface area contributed by atoms with Gasteiger partial charge in [-0.25, -0.2) is 9.37 Å². The zero-order valence-corrected chi connectivity index (χ0v) is 14.5. The number of nitrogen functional groups attached to an aromatic ring is 1. The van der Waals surface area contributed by atoms with Crippen LogP contribution < -0.4 is 15.8 Å². The Morgan fingerprint density at radius 3 is 2.72 bits per heavy atom. The first kappa shape index (κ1) is 20.1. The molecular formula is C17H22FN5O2. The van der Waals surface area contributed by atoms with Gasteiger partial charge in [-0.15, -0.1) is 0 Å². The van der Waals surface area contributed by atoms with Gasteiger partial charge in [-0.2, -0.15) is 10.2 Å². The van der Waals surface area contributed by atoms with Gasteiger partial charge in [0.15, 0.2) is 5.82 Å². The SMILES string of the molecule is CC.COCCOc1ncc(N)c(NCc2ccc(C#N)c(F)c2)n1. The first-order valence-electron chi connectivity index (χ1n) is 7.80. The third kappa shape index (κ3) is 6.24. The molecule has 0 radical (unpaired) electrons. The largest absolute Gasteiger partial charge is 0.461 e. The highest BCUT2D eigenvalue weighted by Gasteiger charge is 2.07. The summed E-state index contributed by atoms with van der Waals surface area (Å²) in [4.78, 5) is 8.10. The van der Waals surface area contributed by atoms with Gasteiger partial charge in [0.2, 0.25) is 0 Å². The number of hydrogen-bond donors (Lipinski definition) is 2. The topological polar surface area (TPSA) is 106 Å². The lowest BCUT2D eigenvalue weighted by atomic mass is 10.1. The van der Waals surface area contributed by atoms with Crippen LogP contribution in [0.2, 0.25) is 0 Å². The van der Waals surface area contributed by atoms with Crippen molar-refractivity contribution in [2.75, 3.05) is 31.4 Å². The molecule has 2 rings (SSSR count). The Balaban J connectivity index is 0.00000151. The number of rotatable bonds is 7. The average molecular weight is 347 g/mol. The van der Waals surface area contributed by atoms with Crippen molar-refractivity contribution in [1.29, 1.82) is 5.26 Å². The molecule has 0 spiro atoms. The number of aromatic nitrogens is 2. The van der Waals surface area contributed by atoms with Crippen molar-refractivity contribution in [3.8, 4) is 12.1 Å². The van der Waals surface area contributed by atoms with Crippen molar-refractivity contribution in [2.24, 2.45) is 0 Å². The van der Waals surface area contributed by atoms with Crippen molar-refractivity contribution in [3.05, 3.63) is 41.3 Å². The Morgan fingerprint density at radius 2 is 2.08 bits per heavy atom. The van der Waals surface area contributed by atoms with Gasteiger partial charge in [0.25, 0.3) is 0 Å². The standard InChI is InChI=1S/C15H16FN5O2.C2H6/c1-22-4-5-23-15-20-9-13(18)14(21-15)19-8-10-2-3-11(7-17)12(16)6-10;1-2/h2-3,6,9H,4-5,8,18H2,1H3,(H,19,20,21);1-2H3. The zero-order valence-electron chi connectivity index (χ0n) is 14.5. The molecule has 0 fully saturated rings. The molecule has 0 aliphatic carbocycles. The Morgan fingerprint density at radius 1 is 1.32 bits per heavy atom. The van der Waals surface area contributed by atoms with Crippen molar-refractivity contribution in [2.45, 2.75) is 20.4 Å². The van der Waals surface area contributed by atoms with E-state index in [1.807, 2.05) is 13.8 Å². The summed E-state index contributed by atoms with van der Waals surface area (Å²) in [6.45, 7) is 5.03. The van der Waals surface area contributed by atoms with Gasteiger partial charge >= 0.3 is 6.01 Å². The molecule has 2 aromatic rings. The molecule has 8 heteroatoms. The minimum absolute atomic E-state index is 0.00382. The van der Waals surface area contributed by atoms with Gasteiger partial charge in [-0.1, -0.05) is 19.9 Å². The predicted octanol–water partition coefficient (Wildman–Crippen LogP) is 2.73. The summed E-state index contributed by atoms with van der Waals surface area (Å²) in [5.41, 5.74) is 6.80. The van der Waals surface area contributed by atoms with Crippen molar-refractivity contribution < 1.29 is 13.9 Å². The van der Waals surface area contributed by atoms with E-state index in [4.69, 9.17) is 20.5 Å². The van der Waals surface area contributed by atoms with Crippen molar-refractivity contribution >= 4 is 11.5 Å². The number of nitrogens with one attached hydrogen (secondary N) is 1. The van der Waals surface area contributed by atoms with Crippen molar-refractivity contribution in [1.82, 2.24) is 9.97 Å². The van der Waals surface area contributed by atoms with E-state index in [0.717, 1.165) is 0 Å². The van der Waals surface area contributed by atoms with Crippen LogP contribution in [-0.2, 0) is 11.3 Å². The second kappa shape index (κ2) is 10.8. The lowest BCUT2D eigenvalue weighted by Crippen LogP contribution is -2.10. The lowest BCUT2D eigenvalue weighted by molar-refractivity contribution is 0.141. The summed E-state index contributed by atoms with van der Waals surface area (Å²) >= 11 is 0. The molecular weight excluding hydrogens is 325 g/mol. The number of ether oxygens (including phenoxy) is 2. The summed E-state index contributed by atoms with van der Waals surface area (Å²) in [5.74, 6) is -0.178. The Kier molecular flexibility index (Phi) is 8.68. The fourth-order valence-corrected chi connectivity index (χ4v) is 1.75. The zero-order chi connectivity index (χ0) is 18.7. The summed E-state index contributed by atoms with van der Waals surface area (Å²) in [6.07, 6.45) is 1.43. The molecule has 7 nitrogen and oxygen atoms in total. The maximum Gasteiger partial charge on any atom is 0.318 e. The van der Waals surface area contributed by atoms with E-state index < -0.39 is 5.82 Å². The maximum atomic E-state index is 13.6. The van der Waals surface area contributed by atoms with Crippen LogP contribution in [0.3, 0.4) is 0 Å². The van der Waals surface area contributed by atoms with E-state index in [1.54, 1.807) is 19.2 Å². The molecule has 0 bridgehead atoms. The summed E-state index contributed by atoms with van der Waals surface area (Å²) in [6, 6.07) is 6.32. The molecule has 0 amide bonds. The van der Waals surface area contributed by atoms with Crippen LogP contribution in [0, 0.1) is 17.1 Å². The van der Waals surface area contributed by atoms with Crippen LogP contribution in [0.15, 0.2) is 24.4 Å². The third-order valence-corrected chi connectivity index (χ3v) is 2.93. The van der Waals surface area contributed by atoms with Gasteiger partial charge in [0.05, 0.1) is 24.1 Å². The Bertz CT molecular complexity index is 719. The molecule has 1 heterocycles. The number of halogens is 1. The van der Waals surface area contributed by atoms with E-state index >= 15 is 0 Å². The maximum absolute atomic E-state index is 13.6. The average Bonchev–Trinajstić information content (AvgIpc) is 2.64. The van der Waals surface area contributed by atoms with E-state index in [9.17, 15) is 4.39 Å². The smallest absolute Gasteiger partial charge is 0.318 e. The summed E-state index contributed by atoms with van der Waals surface area (Å²) in [5, 5.41) is 11.7. The lowest BCUT2D eigenvalue weighted by Gasteiger charge is -2.10. The number of hydrogen-bond acceptors (Lipinski definition) is 7. The van der Waals surface area contributed by atoms with E-state index in [-0.39, 0.29) is 11.6 Å². The number of methoxy groups -OCH3 is 1. The van der Waals surface area contributed by atoms with Gasteiger partial charge in [0.1, 0.15) is 18.5 Å². The minimum Gasteiger partial charge on any atom is -0.461 e. The van der Waals surface area contributed by atoms with E-state index in [0.29, 0.717) is 36.8 Å². The second-order valence-corrected chi connectivity index (χ2v) is 4.58. The van der Waals surface area contributed by atoms with Crippen LogP contribution >= 0.6 is 0 Å². The van der Waals surface area contributed by atoms with E-state index in [1.165, 1.54) is 18.3 Å². The second-order valence-electron chi connectivity index (χ2n) is 4.58. The van der Waals surface area contributed by atoms with E-state index in [2.05, 4.69) is 15.3 Å². The fraction of sp³-hybridized carbons (Fsp3) is 0.353. The number of benzene rings is 1. The summed E-state index contributed by atoms with van der Waals surface area (Å²) in [7, 11) is 1.57. The summed E-state index contributed by atoms with van der Waals surface area (Å²) < 4.78 is 23.7. The minimum atomic E-state index is -0.564. The highest BCUT2D eigenvalue weighted by Crippen LogP contribution is 2.18. The Labute approximate surface area is 146 Å². The first-order chi connectivity index (χ1) is 12.1. The third-order valence-electron chi connectivity index (χ3n) is 2.93. The highest BCUT2D eigenvalue weighted by atomic mass is 19.1. The first-order valence-corrected chi connectivity index (χ1v) is 7.80.